The normalized spacial score (nSPS) is 0. The highest BCUT2D eigenvalue weighted by Gasteiger charge is 0.00000979. The van der Waals surface area contributed by atoms with Gasteiger partial charge in [-0.25, -0.2) is 0 Å². The van der Waals surface area contributed by atoms with Crippen molar-refractivity contribution in [1.82, 2.24) is 0 Å². The SMILES string of the molecule is O.O.O.O.[O]. The van der Waals surface area contributed by atoms with Crippen LogP contribution in [-0.2, 0) is 5.48 Å². The zero-order chi connectivity index (χ0) is 0. The van der Waals surface area contributed by atoms with Crippen LogP contribution in [0.5, 0.6) is 0 Å². The maximum absolute atomic E-state index is 0. The lowest BCUT2D eigenvalue weighted by Gasteiger charge is -0.413. The van der Waals surface area contributed by atoms with Crippen molar-refractivity contribution >= 4 is 0 Å². The third kappa shape index (κ3) is 308. The van der Waals surface area contributed by atoms with Gasteiger partial charge in [-0.15, -0.1) is 0 Å². The van der Waals surface area contributed by atoms with Crippen molar-refractivity contribution in [2.75, 3.05) is 0 Å². The van der Waals surface area contributed by atoms with Crippen LogP contribution in [0, 0.1) is 0 Å². The van der Waals surface area contributed by atoms with E-state index in [4.69, 9.17) is 0 Å². The fourth-order valence-electron chi connectivity index (χ4n) is 0. The van der Waals surface area contributed by atoms with Crippen molar-refractivity contribution in [2.45, 2.75) is 0 Å². The van der Waals surface area contributed by atoms with E-state index in [1.807, 2.05) is 0 Å². The first kappa shape index (κ1) is 1730. The molecule has 8 N–H and O–H groups in total. The molecule has 0 fully saturated rings. The van der Waals surface area contributed by atoms with Gasteiger partial charge >= 0.3 is 0 Å². The lowest BCUT2D eigenvalue weighted by Crippen LogP contribution is -0.290. The van der Waals surface area contributed by atoms with E-state index in [-0.39, 0.29) is 27.4 Å². The molecule has 5 heavy (non-hydrogen) atoms. The van der Waals surface area contributed by atoms with Crippen molar-refractivity contribution in [1.29, 1.82) is 0 Å². The van der Waals surface area contributed by atoms with Crippen molar-refractivity contribution in [3.63, 3.8) is 0 Å². The van der Waals surface area contributed by atoms with Gasteiger partial charge in [-0.3, -0.25) is 0 Å². The molecule has 0 unspecified atom stereocenters. The fourth-order valence-corrected chi connectivity index (χ4v) is 0. The molecule has 0 atom stereocenters. The minimum atomic E-state index is 0. The van der Waals surface area contributed by atoms with E-state index >= 15 is 0 Å². The molecular weight excluding hydrogens is 80.0 g/mol. The highest BCUT2D eigenvalue weighted by atomic mass is 16.0. The standard InChI is InChI=1S/4H2O.O/h4*1H2;. The molecule has 0 saturated carbocycles. The van der Waals surface area contributed by atoms with Gasteiger partial charge in [0.1, 0.15) is 0 Å². The summed E-state index contributed by atoms with van der Waals surface area (Å²) in [7, 11) is 0. The molecule has 0 aromatic heterocycles. The maximum Gasteiger partial charge on any atom is 0 e. The van der Waals surface area contributed by atoms with Gasteiger partial charge in [0.2, 0.25) is 0 Å². The van der Waals surface area contributed by atoms with E-state index in [9.17, 15) is 0 Å². The molecule has 0 rings (SSSR count). The quantitative estimate of drug-likeness (QED) is 0.289. The summed E-state index contributed by atoms with van der Waals surface area (Å²) in [5.41, 5.74) is 0. The molecule has 0 aromatic rings. The molecular formula is H8O5. The Bertz CT molecular complexity index is 0. The monoisotopic (exact) mass is 88.0 g/mol. The molecule has 0 amide bonds. The highest BCUT2D eigenvalue weighted by molar-refractivity contribution is 0.827. The number of rotatable bonds is 0. The lowest BCUT2D eigenvalue weighted by atomic mass is 16.0. The van der Waals surface area contributed by atoms with E-state index in [0.29, 0.717) is 0 Å². The number of hydrogen-bond donors (Lipinski definition) is 0. The molecule has 0 aliphatic rings. The van der Waals surface area contributed by atoms with Gasteiger partial charge in [-0.2, -0.15) is 0 Å². The van der Waals surface area contributed by atoms with Crippen LogP contribution in [0.4, 0.5) is 0 Å². The van der Waals surface area contributed by atoms with Crippen molar-refractivity contribution < 1.29 is 27.4 Å². The van der Waals surface area contributed by atoms with E-state index < -0.39 is 0 Å². The van der Waals surface area contributed by atoms with Gasteiger partial charge in [-0.05, 0) is 0 Å². The summed E-state index contributed by atoms with van der Waals surface area (Å²) < 4.78 is 0. The van der Waals surface area contributed by atoms with E-state index in [1.54, 1.807) is 0 Å². The zero-order valence-electron chi connectivity index (χ0n) is 2.41. The topological polar surface area (TPSA) is 154 Å². The Labute approximate surface area is 28.8 Å². The second kappa shape index (κ2) is 745. The van der Waals surface area contributed by atoms with E-state index in [0.717, 1.165) is 0 Å². The number of hydrogen-bond acceptors (Lipinski definition) is 0. The third-order valence-electron chi connectivity index (χ3n) is 0. The third-order valence-corrected chi connectivity index (χ3v) is 0. The Hall–Kier alpha value is -0.200. The van der Waals surface area contributed by atoms with Crippen LogP contribution in [-0.4, -0.2) is 21.9 Å². The predicted octanol–water partition coefficient (Wildman–Crippen LogP) is -3.42. The minimum Gasteiger partial charge on any atom is -0.412 e. The summed E-state index contributed by atoms with van der Waals surface area (Å²) in [5, 5.41) is 0. The van der Waals surface area contributed by atoms with Crippen molar-refractivity contribution in [3.8, 4) is 0 Å². The second-order valence-electron chi connectivity index (χ2n) is 0. The van der Waals surface area contributed by atoms with E-state index in [1.165, 1.54) is 0 Å². The first-order valence-electron chi connectivity index (χ1n) is 0. The summed E-state index contributed by atoms with van der Waals surface area (Å²) >= 11 is 0. The van der Waals surface area contributed by atoms with Crippen molar-refractivity contribution in [2.24, 2.45) is 0 Å². The van der Waals surface area contributed by atoms with Gasteiger partial charge < -0.3 is 21.9 Å². The summed E-state index contributed by atoms with van der Waals surface area (Å²) in [6.07, 6.45) is 0. The first-order chi connectivity index (χ1) is 0. The molecule has 38 valence electrons. The van der Waals surface area contributed by atoms with Crippen LogP contribution in [0.1, 0.15) is 0 Å². The highest BCUT2D eigenvalue weighted by Crippen LogP contribution is -0.119. The van der Waals surface area contributed by atoms with Gasteiger partial charge in [0, 0.05) is 5.48 Å². The second-order valence-corrected chi connectivity index (χ2v) is 0. The summed E-state index contributed by atoms with van der Waals surface area (Å²) in [6.45, 7) is 0. The Morgan fingerprint density at radius 2 is 0.400 bits per heavy atom. The fraction of sp³-hybridized carbons (Fsp3) is 0. The molecule has 0 aliphatic heterocycles. The molecule has 5 nitrogen and oxygen atoms in total. The molecule has 0 saturated heterocycles. The molecule has 0 aromatic carbocycles. The lowest BCUT2D eigenvalue weighted by molar-refractivity contribution is 0.686. The van der Waals surface area contributed by atoms with Crippen LogP contribution >= 0.6 is 0 Å². The minimum absolute atomic E-state index is 0. The largest absolute Gasteiger partial charge is 0.412 e. The summed E-state index contributed by atoms with van der Waals surface area (Å²) in [6, 6.07) is 0. The molecule has 5 heteroatoms. The summed E-state index contributed by atoms with van der Waals surface area (Å²) in [4.78, 5) is 0. The molecule has 0 bridgehead atoms. The average molecular weight is 88.1 g/mol. The van der Waals surface area contributed by atoms with Crippen molar-refractivity contribution in [3.05, 3.63) is 0 Å². The molecule has 2 radical (unpaired) electrons. The molecule has 0 aliphatic carbocycles. The Balaban J connectivity index is 0. The zero-order valence-corrected chi connectivity index (χ0v) is 2.41. The van der Waals surface area contributed by atoms with Gasteiger partial charge in [-0.1, -0.05) is 0 Å². The summed E-state index contributed by atoms with van der Waals surface area (Å²) in [5.74, 6) is 0. The average Bonchev–Trinajstić information content (AvgIpc) is 0. The predicted molar refractivity (Wildman–Crippen MR) is 15.1 cm³/mol. The van der Waals surface area contributed by atoms with Crippen LogP contribution in [0.2, 0.25) is 0 Å². The van der Waals surface area contributed by atoms with Gasteiger partial charge in [0.05, 0.1) is 0 Å². The molecule has 0 heterocycles. The smallest absolute Gasteiger partial charge is 0 e. The van der Waals surface area contributed by atoms with Gasteiger partial charge in [0.25, 0.3) is 0 Å². The molecule has 0 spiro atoms. The van der Waals surface area contributed by atoms with Gasteiger partial charge in [0.15, 0.2) is 0 Å². The van der Waals surface area contributed by atoms with E-state index in [2.05, 4.69) is 0 Å². The Morgan fingerprint density at radius 1 is 0.400 bits per heavy atom. The van der Waals surface area contributed by atoms with Crippen LogP contribution in [0.3, 0.4) is 0 Å². The maximum atomic E-state index is 0. The Kier molecular flexibility index (Phi) is 258000. The Morgan fingerprint density at radius 3 is 0.400 bits per heavy atom. The van der Waals surface area contributed by atoms with Crippen LogP contribution < -0.4 is 0 Å². The first-order valence-corrected chi connectivity index (χ1v) is 0. The van der Waals surface area contributed by atoms with Crippen LogP contribution in [0.25, 0.3) is 0 Å². The van der Waals surface area contributed by atoms with Crippen LogP contribution in [0.15, 0.2) is 0 Å².